The van der Waals surface area contributed by atoms with Crippen molar-refractivity contribution < 1.29 is 23.8 Å². The normalized spacial score (nSPS) is 19.9. The summed E-state index contributed by atoms with van der Waals surface area (Å²) >= 11 is 5.85. The van der Waals surface area contributed by atoms with Gasteiger partial charge in [0.2, 0.25) is 5.88 Å². The molecule has 2 aromatic carbocycles. The van der Waals surface area contributed by atoms with Gasteiger partial charge in [0.1, 0.15) is 18.2 Å². The van der Waals surface area contributed by atoms with E-state index < -0.39 is 11.8 Å². The highest BCUT2D eigenvalue weighted by molar-refractivity contribution is 6.30. The first-order chi connectivity index (χ1) is 20.4. The molecule has 0 amide bonds. The number of carboxylic acid groups (broad SMARTS) is 1. The molecule has 1 aliphatic heterocycles. The molecule has 42 heavy (non-hydrogen) atoms. The maximum atomic E-state index is 14.2. The lowest BCUT2D eigenvalue weighted by Crippen LogP contribution is -2.34. The molecular formula is C32H34ClFN4O4. The molecule has 0 radical (unpaired) electrons. The van der Waals surface area contributed by atoms with Crippen molar-refractivity contribution in [2.75, 3.05) is 20.2 Å². The number of fused-ring (bicyclic) bond motifs is 1. The summed E-state index contributed by atoms with van der Waals surface area (Å²) in [5, 5.41) is 9.96. The minimum absolute atomic E-state index is 0.0807. The average Bonchev–Trinajstić information content (AvgIpc) is 3.60. The standard InChI is InChI=1S/C32H34ClFN4O4/c1-41-29-6-3-5-27(29)38-28-16-21(32(39)40)9-11-26(28)35-30(38)18-37-14-12-20(13-15-37)25-4-2-7-31(36-25)42-19-22-8-10-23(33)17-24(22)34/h2,4,7-11,16-17,20,27,29H,3,5-6,12-15,18-19H2,1H3,(H,39,40)/t27-,29-/m1/s1. The summed E-state index contributed by atoms with van der Waals surface area (Å²) in [4.78, 5) is 23.8. The monoisotopic (exact) mass is 592 g/mol. The fourth-order valence-corrected chi connectivity index (χ4v) is 6.51. The Morgan fingerprint density at radius 1 is 1.07 bits per heavy atom. The Labute approximate surface area is 249 Å². The SMILES string of the molecule is CO[C@@H]1CCC[C@H]1n1c(CN2CCC(c3cccc(OCc4ccc(Cl)cc4F)n3)CC2)nc2ccc(C(=O)O)cc21. The predicted octanol–water partition coefficient (Wildman–Crippen LogP) is 6.62. The fraction of sp³-hybridized carbons (Fsp3) is 0.406. The number of aromatic carboxylic acids is 1. The third kappa shape index (κ3) is 6.00. The van der Waals surface area contributed by atoms with E-state index in [9.17, 15) is 14.3 Å². The van der Waals surface area contributed by atoms with Gasteiger partial charge in [-0.3, -0.25) is 4.90 Å². The van der Waals surface area contributed by atoms with Crippen LogP contribution in [0.25, 0.3) is 11.0 Å². The Kier molecular flexibility index (Phi) is 8.42. The Bertz CT molecular complexity index is 1590. The molecule has 0 bridgehead atoms. The van der Waals surface area contributed by atoms with Gasteiger partial charge in [0.05, 0.1) is 35.3 Å². The van der Waals surface area contributed by atoms with Crippen LogP contribution in [-0.4, -0.2) is 56.8 Å². The molecule has 4 aromatic rings. The summed E-state index contributed by atoms with van der Waals surface area (Å²) < 4.78 is 28.0. The number of carboxylic acids is 1. The second-order valence-electron chi connectivity index (χ2n) is 11.2. The van der Waals surface area contributed by atoms with Crippen molar-refractivity contribution in [2.24, 2.45) is 0 Å². The van der Waals surface area contributed by atoms with Crippen molar-refractivity contribution in [2.45, 2.75) is 63.3 Å². The van der Waals surface area contributed by atoms with E-state index in [1.54, 1.807) is 37.4 Å². The van der Waals surface area contributed by atoms with Crippen LogP contribution in [0.3, 0.4) is 0 Å². The number of likely N-dealkylation sites (tertiary alicyclic amines) is 1. The third-order valence-electron chi connectivity index (χ3n) is 8.57. The minimum atomic E-state index is -0.941. The topological polar surface area (TPSA) is 89.7 Å². The number of piperidine rings is 1. The van der Waals surface area contributed by atoms with Gasteiger partial charge in [-0.2, -0.15) is 0 Å². The number of methoxy groups -OCH3 is 1. The number of ether oxygens (including phenoxy) is 2. The average molecular weight is 593 g/mol. The third-order valence-corrected chi connectivity index (χ3v) is 8.80. The van der Waals surface area contributed by atoms with Crippen LogP contribution < -0.4 is 4.74 Å². The number of pyridine rings is 1. The van der Waals surface area contributed by atoms with Gasteiger partial charge in [0.15, 0.2) is 0 Å². The Morgan fingerprint density at radius 3 is 2.67 bits per heavy atom. The summed E-state index contributed by atoms with van der Waals surface area (Å²) in [5.74, 6) is 0.378. The first kappa shape index (κ1) is 28.6. The van der Waals surface area contributed by atoms with Crippen molar-refractivity contribution in [1.82, 2.24) is 19.4 Å². The van der Waals surface area contributed by atoms with Crippen molar-refractivity contribution in [3.63, 3.8) is 0 Å². The molecule has 2 aliphatic rings. The number of imidazole rings is 1. The quantitative estimate of drug-likeness (QED) is 0.234. The van der Waals surface area contributed by atoms with Gasteiger partial charge in [-0.1, -0.05) is 23.7 Å². The summed E-state index contributed by atoms with van der Waals surface area (Å²) in [7, 11) is 1.75. The predicted molar refractivity (Wildman–Crippen MR) is 158 cm³/mol. The summed E-state index contributed by atoms with van der Waals surface area (Å²) in [6.07, 6.45) is 4.99. The zero-order valence-electron chi connectivity index (χ0n) is 23.5. The van der Waals surface area contributed by atoms with Gasteiger partial charge < -0.3 is 19.1 Å². The molecule has 2 aromatic heterocycles. The van der Waals surface area contributed by atoms with E-state index in [4.69, 9.17) is 31.0 Å². The van der Waals surface area contributed by atoms with Crippen LogP contribution in [0.5, 0.6) is 5.88 Å². The molecule has 10 heteroatoms. The smallest absolute Gasteiger partial charge is 0.335 e. The molecule has 0 spiro atoms. The molecule has 6 rings (SSSR count). The van der Waals surface area contributed by atoms with Crippen LogP contribution in [0.4, 0.5) is 4.39 Å². The van der Waals surface area contributed by atoms with E-state index in [2.05, 4.69) is 9.47 Å². The maximum Gasteiger partial charge on any atom is 0.335 e. The van der Waals surface area contributed by atoms with Crippen LogP contribution in [0.2, 0.25) is 5.02 Å². The lowest BCUT2D eigenvalue weighted by molar-refractivity contribution is 0.0697. The van der Waals surface area contributed by atoms with Gasteiger partial charge in [0, 0.05) is 35.4 Å². The molecule has 2 fully saturated rings. The molecule has 8 nitrogen and oxygen atoms in total. The number of nitrogens with zero attached hydrogens (tertiary/aromatic N) is 4. The van der Waals surface area contributed by atoms with Gasteiger partial charge in [-0.05, 0) is 81.6 Å². The number of halogens is 2. The van der Waals surface area contributed by atoms with Gasteiger partial charge in [0.25, 0.3) is 0 Å². The van der Waals surface area contributed by atoms with Crippen LogP contribution in [0.1, 0.15) is 71.5 Å². The van der Waals surface area contributed by atoms with E-state index in [0.717, 1.165) is 67.7 Å². The number of rotatable bonds is 9. The van der Waals surface area contributed by atoms with Crippen LogP contribution in [-0.2, 0) is 17.9 Å². The highest BCUT2D eigenvalue weighted by atomic mass is 35.5. The lowest BCUT2D eigenvalue weighted by Gasteiger charge is -2.32. The minimum Gasteiger partial charge on any atom is -0.478 e. The second kappa shape index (κ2) is 12.4. The first-order valence-electron chi connectivity index (χ1n) is 14.4. The number of benzene rings is 2. The Balaban J connectivity index is 1.14. The van der Waals surface area contributed by atoms with Crippen molar-refractivity contribution in [3.05, 3.63) is 88.1 Å². The molecule has 1 saturated heterocycles. The van der Waals surface area contributed by atoms with E-state index in [-0.39, 0.29) is 24.3 Å². The molecule has 220 valence electrons. The van der Waals surface area contributed by atoms with Gasteiger partial charge in [-0.15, -0.1) is 0 Å². The lowest BCUT2D eigenvalue weighted by atomic mass is 9.93. The summed E-state index contributed by atoms with van der Waals surface area (Å²) in [5.41, 5.74) is 3.34. The van der Waals surface area contributed by atoms with Crippen molar-refractivity contribution in [3.8, 4) is 5.88 Å². The van der Waals surface area contributed by atoms with E-state index in [0.29, 0.717) is 28.9 Å². The largest absolute Gasteiger partial charge is 0.478 e. The number of hydrogen-bond donors (Lipinski definition) is 1. The van der Waals surface area contributed by atoms with Gasteiger partial charge >= 0.3 is 5.97 Å². The Hall–Kier alpha value is -3.53. The van der Waals surface area contributed by atoms with Crippen LogP contribution in [0, 0.1) is 5.82 Å². The molecule has 3 heterocycles. The van der Waals surface area contributed by atoms with Crippen molar-refractivity contribution >= 4 is 28.6 Å². The number of carbonyl (C=O) groups is 1. The summed E-state index contributed by atoms with van der Waals surface area (Å²) in [6.45, 7) is 2.53. The molecule has 2 atom stereocenters. The second-order valence-corrected chi connectivity index (χ2v) is 11.6. The van der Waals surface area contributed by atoms with Crippen LogP contribution >= 0.6 is 11.6 Å². The molecule has 1 saturated carbocycles. The van der Waals surface area contributed by atoms with Crippen molar-refractivity contribution in [1.29, 1.82) is 0 Å². The number of aromatic nitrogens is 3. The zero-order valence-corrected chi connectivity index (χ0v) is 24.3. The van der Waals surface area contributed by atoms with Crippen LogP contribution in [0.15, 0.2) is 54.6 Å². The molecule has 0 unspecified atom stereocenters. The van der Waals surface area contributed by atoms with E-state index in [1.807, 2.05) is 18.2 Å². The zero-order chi connectivity index (χ0) is 29.2. The molecule has 1 N–H and O–H groups in total. The molecular weight excluding hydrogens is 559 g/mol. The van der Waals surface area contributed by atoms with Gasteiger partial charge in [-0.25, -0.2) is 19.2 Å². The summed E-state index contributed by atoms with van der Waals surface area (Å²) in [6, 6.07) is 15.6. The highest BCUT2D eigenvalue weighted by Crippen LogP contribution is 2.37. The number of hydrogen-bond acceptors (Lipinski definition) is 6. The fourth-order valence-electron chi connectivity index (χ4n) is 6.35. The Morgan fingerprint density at radius 2 is 1.90 bits per heavy atom. The highest BCUT2D eigenvalue weighted by Gasteiger charge is 2.33. The maximum absolute atomic E-state index is 14.2. The van der Waals surface area contributed by atoms with E-state index in [1.165, 1.54) is 6.07 Å². The molecule has 1 aliphatic carbocycles. The van der Waals surface area contributed by atoms with E-state index >= 15 is 0 Å². The first-order valence-corrected chi connectivity index (χ1v) is 14.8.